The largest absolute Gasteiger partial charge is 0.326 e. The van der Waals surface area contributed by atoms with Crippen LogP contribution >= 0.6 is 23.1 Å². The first-order valence-corrected chi connectivity index (χ1v) is 11.6. The summed E-state index contributed by atoms with van der Waals surface area (Å²) in [5, 5.41) is 25.5. The standard InChI is InChI=1S/C22H22N6O2S2/c1-14(2)18(25-20(30)24-17-6-4-3-5-7-17)19(29)26-21-27-28-22(32-21)31-13-16-10-8-15(12-23)9-11-16/h3-11,14,18H,13H2,1-2H3,(H2,24,25,30)(H,26,27,29). The average molecular weight is 467 g/mol. The second-order valence-corrected chi connectivity index (χ2v) is 9.35. The lowest BCUT2D eigenvalue weighted by Crippen LogP contribution is -2.48. The van der Waals surface area contributed by atoms with E-state index >= 15 is 0 Å². The fraction of sp³-hybridized carbons (Fsp3) is 0.227. The Labute approximate surface area is 194 Å². The van der Waals surface area contributed by atoms with Crippen molar-refractivity contribution in [3.63, 3.8) is 0 Å². The molecule has 0 aliphatic carbocycles. The molecule has 10 heteroatoms. The number of para-hydroxylation sites is 1. The molecule has 164 valence electrons. The van der Waals surface area contributed by atoms with Crippen molar-refractivity contribution in [2.75, 3.05) is 10.6 Å². The molecule has 0 aliphatic heterocycles. The number of nitrogens with zero attached hydrogens (tertiary/aromatic N) is 3. The van der Waals surface area contributed by atoms with Gasteiger partial charge in [-0.1, -0.05) is 67.3 Å². The molecule has 2 aromatic carbocycles. The second kappa shape index (κ2) is 11.3. The number of amides is 3. The van der Waals surface area contributed by atoms with Crippen LogP contribution in [0.2, 0.25) is 0 Å². The highest BCUT2D eigenvalue weighted by atomic mass is 32.2. The molecule has 0 spiro atoms. The molecule has 1 aromatic heterocycles. The van der Waals surface area contributed by atoms with Crippen LogP contribution in [0.5, 0.6) is 0 Å². The zero-order valence-corrected chi connectivity index (χ0v) is 19.2. The maximum absolute atomic E-state index is 12.7. The average Bonchev–Trinajstić information content (AvgIpc) is 3.24. The molecule has 0 saturated carbocycles. The molecule has 0 radical (unpaired) electrons. The Bertz CT molecular complexity index is 1090. The van der Waals surface area contributed by atoms with Crippen LogP contribution in [0.4, 0.5) is 15.6 Å². The van der Waals surface area contributed by atoms with E-state index in [0.717, 1.165) is 5.56 Å². The Hall–Kier alpha value is -3.42. The molecule has 1 heterocycles. The van der Waals surface area contributed by atoms with Crippen molar-refractivity contribution in [1.82, 2.24) is 15.5 Å². The van der Waals surface area contributed by atoms with Crippen molar-refractivity contribution in [2.45, 2.75) is 30.0 Å². The van der Waals surface area contributed by atoms with Gasteiger partial charge in [0.05, 0.1) is 11.6 Å². The lowest BCUT2D eigenvalue weighted by atomic mass is 10.0. The van der Waals surface area contributed by atoms with Gasteiger partial charge in [-0.05, 0) is 35.7 Å². The quantitative estimate of drug-likeness (QED) is 0.332. The molecule has 1 unspecified atom stereocenters. The lowest BCUT2D eigenvalue weighted by Gasteiger charge is -2.21. The highest BCUT2D eigenvalue weighted by Gasteiger charge is 2.25. The van der Waals surface area contributed by atoms with Gasteiger partial charge in [0.25, 0.3) is 0 Å². The normalized spacial score (nSPS) is 11.4. The summed E-state index contributed by atoms with van der Waals surface area (Å²) in [5.74, 6) is 0.182. The Morgan fingerprint density at radius 2 is 1.78 bits per heavy atom. The van der Waals surface area contributed by atoms with Gasteiger partial charge in [-0.3, -0.25) is 10.1 Å². The van der Waals surface area contributed by atoms with E-state index in [-0.39, 0.29) is 11.8 Å². The maximum Gasteiger partial charge on any atom is 0.319 e. The van der Waals surface area contributed by atoms with E-state index in [2.05, 4.69) is 32.2 Å². The van der Waals surface area contributed by atoms with Crippen LogP contribution in [0.15, 0.2) is 58.9 Å². The molecule has 3 rings (SSSR count). The highest BCUT2D eigenvalue weighted by Crippen LogP contribution is 2.28. The Kier molecular flexibility index (Phi) is 8.19. The third-order valence-electron chi connectivity index (χ3n) is 4.35. The number of anilines is 2. The van der Waals surface area contributed by atoms with Gasteiger partial charge in [0.2, 0.25) is 11.0 Å². The van der Waals surface area contributed by atoms with Crippen LogP contribution in [0, 0.1) is 17.2 Å². The molecular weight excluding hydrogens is 444 g/mol. The summed E-state index contributed by atoms with van der Waals surface area (Å²) in [7, 11) is 0. The van der Waals surface area contributed by atoms with Gasteiger partial charge in [-0.2, -0.15) is 5.26 Å². The predicted octanol–water partition coefficient (Wildman–Crippen LogP) is 4.49. The van der Waals surface area contributed by atoms with E-state index in [0.29, 0.717) is 26.5 Å². The molecule has 0 saturated heterocycles. The van der Waals surface area contributed by atoms with Crippen molar-refractivity contribution in [1.29, 1.82) is 5.26 Å². The van der Waals surface area contributed by atoms with Crippen LogP contribution < -0.4 is 16.0 Å². The van der Waals surface area contributed by atoms with Crippen molar-refractivity contribution >= 4 is 45.9 Å². The fourth-order valence-corrected chi connectivity index (χ4v) is 4.40. The van der Waals surface area contributed by atoms with Gasteiger partial charge in [0, 0.05) is 11.4 Å². The van der Waals surface area contributed by atoms with Crippen molar-refractivity contribution in [3.8, 4) is 6.07 Å². The summed E-state index contributed by atoms with van der Waals surface area (Å²) < 4.78 is 0.709. The first kappa shape index (κ1) is 23.2. The first-order chi connectivity index (χ1) is 15.4. The summed E-state index contributed by atoms with van der Waals surface area (Å²) in [4.78, 5) is 25.0. The number of urea groups is 1. The van der Waals surface area contributed by atoms with Crippen molar-refractivity contribution in [2.24, 2.45) is 5.92 Å². The summed E-state index contributed by atoms with van der Waals surface area (Å²) in [6, 6.07) is 17.3. The fourth-order valence-electron chi connectivity index (χ4n) is 2.69. The summed E-state index contributed by atoms with van der Waals surface area (Å²) in [6.45, 7) is 3.71. The SMILES string of the molecule is CC(C)C(NC(=O)Nc1ccccc1)C(=O)Nc1nnc(SCc2ccc(C#N)cc2)s1. The van der Waals surface area contributed by atoms with E-state index in [9.17, 15) is 9.59 Å². The van der Waals surface area contributed by atoms with E-state index in [1.54, 1.807) is 24.3 Å². The molecular formula is C22H22N6O2S2. The minimum atomic E-state index is -0.739. The van der Waals surface area contributed by atoms with Crippen LogP contribution in [-0.2, 0) is 10.5 Å². The molecule has 0 fully saturated rings. The van der Waals surface area contributed by atoms with Gasteiger partial charge in [0.15, 0.2) is 4.34 Å². The molecule has 0 aliphatic rings. The minimum Gasteiger partial charge on any atom is -0.326 e. The zero-order valence-electron chi connectivity index (χ0n) is 17.5. The van der Waals surface area contributed by atoms with Crippen molar-refractivity contribution < 1.29 is 9.59 Å². The summed E-state index contributed by atoms with van der Waals surface area (Å²) in [5.41, 5.74) is 2.31. The third kappa shape index (κ3) is 6.80. The topological polar surface area (TPSA) is 120 Å². The summed E-state index contributed by atoms with van der Waals surface area (Å²) >= 11 is 2.76. The number of nitrogens with one attached hydrogen (secondary N) is 3. The van der Waals surface area contributed by atoms with E-state index in [1.807, 2.05) is 44.2 Å². The number of rotatable bonds is 8. The monoisotopic (exact) mass is 466 g/mol. The van der Waals surface area contributed by atoms with Gasteiger partial charge in [-0.15, -0.1) is 10.2 Å². The number of carbonyl (C=O) groups is 2. The second-order valence-electron chi connectivity index (χ2n) is 7.15. The molecule has 0 bridgehead atoms. The van der Waals surface area contributed by atoms with Crippen LogP contribution in [-0.4, -0.2) is 28.2 Å². The number of aromatic nitrogens is 2. The molecule has 3 N–H and O–H groups in total. The molecule has 3 aromatic rings. The van der Waals surface area contributed by atoms with Crippen LogP contribution in [0.3, 0.4) is 0 Å². The van der Waals surface area contributed by atoms with Crippen LogP contribution in [0.25, 0.3) is 0 Å². The van der Waals surface area contributed by atoms with Crippen LogP contribution in [0.1, 0.15) is 25.0 Å². The Morgan fingerprint density at radius 1 is 1.06 bits per heavy atom. The Morgan fingerprint density at radius 3 is 2.44 bits per heavy atom. The van der Waals surface area contributed by atoms with Gasteiger partial charge < -0.3 is 10.6 Å². The maximum atomic E-state index is 12.7. The van der Waals surface area contributed by atoms with Crippen molar-refractivity contribution in [3.05, 3.63) is 65.7 Å². The number of thioether (sulfide) groups is 1. The lowest BCUT2D eigenvalue weighted by molar-refractivity contribution is -0.118. The van der Waals surface area contributed by atoms with E-state index < -0.39 is 12.1 Å². The smallest absolute Gasteiger partial charge is 0.319 e. The van der Waals surface area contributed by atoms with Gasteiger partial charge >= 0.3 is 6.03 Å². The predicted molar refractivity (Wildman–Crippen MR) is 126 cm³/mol. The van der Waals surface area contributed by atoms with E-state index in [1.165, 1.54) is 23.1 Å². The zero-order chi connectivity index (χ0) is 22.9. The third-order valence-corrected chi connectivity index (χ3v) is 6.39. The molecule has 32 heavy (non-hydrogen) atoms. The first-order valence-electron chi connectivity index (χ1n) is 9.83. The van der Waals surface area contributed by atoms with Gasteiger partial charge in [0.1, 0.15) is 6.04 Å². The number of nitriles is 1. The number of hydrogen-bond acceptors (Lipinski definition) is 7. The molecule has 1 atom stereocenters. The number of carbonyl (C=O) groups excluding carboxylic acids is 2. The van der Waals surface area contributed by atoms with Gasteiger partial charge in [-0.25, -0.2) is 4.79 Å². The summed E-state index contributed by atoms with van der Waals surface area (Å²) in [6.07, 6.45) is 0. The molecule has 8 nitrogen and oxygen atoms in total. The Balaban J connectivity index is 1.54. The number of hydrogen-bond donors (Lipinski definition) is 3. The highest BCUT2D eigenvalue weighted by molar-refractivity contribution is 8.00. The molecule has 3 amide bonds. The van der Waals surface area contributed by atoms with E-state index in [4.69, 9.17) is 5.26 Å². The number of benzene rings is 2. The minimum absolute atomic E-state index is 0.130.